The summed E-state index contributed by atoms with van der Waals surface area (Å²) in [5, 5.41) is 49.9. The van der Waals surface area contributed by atoms with Gasteiger partial charge in [0, 0.05) is 17.7 Å². The Labute approximate surface area is 302 Å². The van der Waals surface area contributed by atoms with E-state index in [1.54, 1.807) is 48.6 Å². The van der Waals surface area contributed by atoms with Crippen LogP contribution in [0, 0.1) is 0 Å². The molecule has 0 unspecified atom stereocenters. The van der Waals surface area contributed by atoms with Crippen molar-refractivity contribution in [1.29, 1.82) is 0 Å². The molecule has 0 aliphatic carbocycles. The van der Waals surface area contributed by atoms with Crippen LogP contribution in [0.1, 0.15) is 70.7 Å². The smallest absolute Gasteiger partial charge is 0.193 e. The van der Waals surface area contributed by atoms with Gasteiger partial charge in [0.25, 0.3) is 0 Å². The second kappa shape index (κ2) is 16.5. The third-order valence-corrected chi connectivity index (χ3v) is 7.92. The fraction of sp³-hybridized carbons (Fsp3) is 0.190. The quantitative estimate of drug-likeness (QED) is 0.0615. The van der Waals surface area contributed by atoms with Crippen LogP contribution < -0.4 is 14.2 Å². The van der Waals surface area contributed by atoms with Gasteiger partial charge in [-0.25, -0.2) is 0 Å². The van der Waals surface area contributed by atoms with E-state index in [-0.39, 0.29) is 56.9 Å². The number of benzene rings is 4. The first kappa shape index (κ1) is 38.4. The van der Waals surface area contributed by atoms with Gasteiger partial charge in [0.15, 0.2) is 11.6 Å². The summed E-state index contributed by atoms with van der Waals surface area (Å²) in [4.78, 5) is 25.3. The molecule has 4 aromatic carbocycles. The van der Waals surface area contributed by atoms with Crippen LogP contribution in [0.25, 0.3) is 18.2 Å². The molecule has 0 fully saturated rings. The highest BCUT2D eigenvalue weighted by Crippen LogP contribution is 2.44. The number of carbonyl (C=O) groups is 2. The van der Waals surface area contributed by atoms with Crippen LogP contribution in [0.2, 0.25) is 0 Å². The van der Waals surface area contributed by atoms with Crippen LogP contribution in [-0.4, -0.2) is 56.9 Å². The summed E-state index contributed by atoms with van der Waals surface area (Å²) in [6.07, 6.45) is 11.6. The molecule has 0 spiro atoms. The number of carbonyl (C=O) groups excluding carboxylic acids is 2. The van der Waals surface area contributed by atoms with Gasteiger partial charge in [-0.05, 0) is 93.8 Å². The highest BCUT2D eigenvalue weighted by Gasteiger charge is 2.28. The molecule has 0 aromatic heterocycles. The van der Waals surface area contributed by atoms with E-state index < -0.39 is 17.2 Å². The number of allylic oxidation sites excluding steroid dienone is 4. The molecule has 0 atom stereocenters. The zero-order valence-electron chi connectivity index (χ0n) is 29.8. The number of phenols is 5. The molecule has 52 heavy (non-hydrogen) atoms. The van der Waals surface area contributed by atoms with Crippen molar-refractivity contribution in [2.24, 2.45) is 0 Å². The average Bonchev–Trinajstić information content (AvgIpc) is 3.10. The molecule has 270 valence electrons. The lowest BCUT2D eigenvalue weighted by molar-refractivity contribution is 0.103. The van der Waals surface area contributed by atoms with Crippen molar-refractivity contribution in [2.75, 3.05) is 14.2 Å². The number of methoxy groups -OCH3 is 2. The highest BCUT2D eigenvalue weighted by molar-refractivity contribution is 6.12. The van der Waals surface area contributed by atoms with Crippen LogP contribution in [0.3, 0.4) is 0 Å². The number of rotatable bonds is 10. The van der Waals surface area contributed by atoms with Crippen molar-refractivity contribution in [3.05, 3.63) is 124 Å². The van der Waals surface area contributed by atoms with Crippen molar-refractivity contribution in [2.45, 2.75) is 39.7 Å². The molecule has 0 bridgehead atoms. The fourth-order valence-electron chi connectivity index (χ4n) is 5.14. The molecule has 10 heteroatoms. The van der Waals surface area contributed by atoms with Gasteiger partial charge < -0.3 is 39.7 Å². The molecule has 1 aliphatic heterocycles. The first-order valence-electron chi connectivity index (χ1n) is 16.2. The second-order valence-corrected chi connectivity index (χ2v) is 12.6. The Balaban J connectivity index is 0.000000233. The molecular formula is C42H42O10. The number of hydrogen-bond donors (Lipinski definition) is 5. The summed E-state index contributed by atoms with van der Waals surface area (Å²) in [7, 11) is 2.80. The van der Waals surface area contributed by atoms with Gasteiger partial charge in [0.2, 0.25) is 0 Å². The summed E-state index contributed by atoms with van der Waals surface area (Å²) in [5.41, 5.74) is 2.79. The number of ether oxygens (including phenoxy) is 3. The minimum Gasteiger partial charge on any atom is -0.508 e. The molecule has 5 rings (SSSR count). The monoisotopic (exact) mass is 706 g/mol. The summed E-state index contributed by atoms with van der Waals surface area (Å²) >= 11 is 0. The third-order valence-electron chi connectivity index (χ3n) is 7.92. The van der Waals surface area contributed by atoms with Crippen molar-refractivity contribution in [3.8, 4) is 46.0 Å². The summed E-state index contributed by atoms with van der Waals surface area (Å²) in [6, 6.07) is 15.7. The first-order chi connectivity index (χ1) is 24.6. The normalized spacial score (nSPS) is 12.7. The zero-order chi connectivity index (χ0) is 38.2. The Bertz CT molecular complexity index is 2060. The number of aromatic hydroxyl groups is 5. The van der Waals surface area contributed by atoms with E-state index in [4.69, 9.17) is 14.2 Å². The zero-order valence-corrected chi connectivity index (χ0v) is 29.8. The maximum atomic E-state index is 12.7. The van der Waals surface area contributed by atoms with Crippen molar-refractivity contribution < 1.29 is 49.3 Å². The number of hydrogen-bond acceptors (Lipinski definition) is 10. The Morgan fingerprint density at radius 3 is 1.69 bits per heavy atom. The third kappa shape index (κ3) is 9.42. The van der Waals surface area contributed by atoms with Gasteiger partial charge in [0.1, 0.15) is 62.7 Å². The molecule has 10 nitrogen and oxygen atoms in total. The lowest BCUT2D eigenvalue weighted by Crippen LogP contribution is -2.27. The van der Waals surface area contributed by atoms with Gasteiger partial charge in [-0.15, -0.1) is 0 Å². The number of phenolic OH excluding ortho intramolecular Hbond substituents is 5. The Morgan fingerprint density at radius 2 is 1.21 bits per heavy atom. The van der Waals surface area contributed by atoms with Gasteiger partial charge in [0.05, 0.1) is 19.8 Å². The lowest BCUT2D eigenvalue weighted by atomic mass is 9.97. The minimum absolute atomic E-state index is 0.00233. The standard InChI is InChI=1S/C21H20O5.C21H22O5/c1-21(2)11-10-15-17(26-21)12-18(25-3)19(20(15)24)16(23)9-6-13-4-7-14(22)8-5-13;1-13(2)4-10-16-18(24)12-19(26-3)20(21(16)25)17(23)11-7-14-5-8-15(22)9-6-14/h4-12,22,24H,1-3H3;4-9,11-12,22,24-25H,10H2,1-3H3/b9-6+;11-7+. The fourth-order valence-corrected chi connectivity index (χ4v) is 5.14. The van der Waals surface area contributed by atoms with Gasteiger partial charge >= 0.3 is 0 Å². The van der Waals surface area contributed by atoms with Crippen molar-refractivity contribution in [3.63, 3.8) is 0 Å². The SMILES string of the molecule is COc1cc(O)c(CC=C(C)C)c(O)c1C(=O)/C=C/c1ccc(O)cc1.COc1cc2c(c(O)c1C(=O)/C=C/c1ccc(O)cc1)C=CC(C)(C)O2. The lowest BCUT2D eigenvalue weighted by Gasteiger charge is -2.29. The van der Waals surface area contributed by atoms with Gasteiger partial charge in [-0.3, -0.25) is 9.59 Å². The second-order valence-electron chi connectivity index (χ2n) is 12.6. The topological polar surface area (TPSA) is 163 Å². The summed E-state index contributed by atoms with van der Waals surface area (Å²) in [5.74, 6) is -0.353. The van der Waals surface area contributed by atoms with Crippen molar-refractivity contribution >= 4 is 29.8 Å². The average molecular weight is 707 g/mol. The van der Waals surface area contributed by atoms with Crippen LogP contribution in [-0.2, 0) is 6.42 Å². The summed E-state index contributed by atoms with van der Waals surface area (Å²) in [6.45, 7) is 7.61. The molecule has 0 radical (unpaired) electrons. The molecule has 4 aromatic rings. The number of ketones is 2. The molecular weight excluding hydrogens is 664 g/mol. The Kier molecular flexibility index (Phi) is 12.2. The maximum Gasteiger partial charge on any atom is 0.193 e. The minimum atomic E-state index is -0.505. The van der Waals surface area contributed by atoms with E-state index in [0.717, 1.165) is 16.7 Å². The predicted octanol–water partition coefficient (Wildman–Crippen LogP) is 8.40. The first-order valence-corrected chi connectivity index (χ1v) is 16.2. The molecule has 1 aliphatic rings. The number of fused-ring (bicyclic) bond motifs is 1. The molecule has 0 saturated heterocycles. The van der Waals surface area contributed by atoms with E-state index in [9.17, 15) is 35.1 Å². The Hall–Kier alpha value is -6.42. The summed E-state index contributed by atoms with van der Waals surface area (Å²) < 4.78 is 16.3. The van der Waals surface area contributed by atoms with E-state index in [0.29, 0.717) is 17.7 Å². The molecule has 5 N–H and O–H groups in total. The van der Waals surface area contributed by atoms with Crippen molar-refractivity contribution in [1.82, 2.24) is 0 Å². The van der Waals surface area contributed by atoms with Crippen LogP contribution in [0.5, 0.6) is 46.0 Å². The predicted molar refractivity (Wildman–Crippen MR) is 201 cm³/mol. The van der Waals surface area contributed by atoms with E-state index in [2.05, 4.69) is 0 Å². The highest BCUT2D eigenvalue weighted by atomic mass is 16.5. The van der Waals surface area contributed by atoms with E-state index in [1.807, 2.05) is 39.8 Å². The molecule has 0 amide bonds. The van der Waals surface area contributed by atoms with Gasteiger partial charge in [-0.1, -0.05) is 48.1 Å². The van der Waals surface area contributed by atoms with E-state index in [1.165, 1.54) is 56.7 Å². The van der Waals surface area contributed by atoms with Crippen LogP contribution in [0.15, 0.2) is 90.5 Å². The molecule has 0 saturated carbocycles. The Morgan fingerprint density at radius 1 is 0.731 bits per heavy atom. The van der Waals surface area contributed by atoms with E-state index >= 15 is 0 Å². The maximum absolute atomic E-state index is 12.7. The van der Waals surface area contributed by atoms with Crippen LogP contribution >= 0.6 is 0 Å². The van der Waals surface area contributed by atoms with Gasteiger partial charge in [-0.2, -0.15) is 0 Å². The largest absolute Gasteiger partial charge is 0.508 e. The van der Waals surface area contributed by atoms with Crippen LogP contribution in [0.4, 0.5) is 0 Å². The molecule has 1 heterocycles.